The molecule has 0 spiro atoms. The molecule has 3 heterocycles. The summed E-state index contributed by atoms with van der Waals surface area (Å²) in [6.45, 7) is 0. The van der Waals surface area contributed by atoms with Gasteiger partial charge in [0, 0.05) is 5.39 Å². The molecule has 3 aromatic heterocycles. The Labute approximate surface area is 169 Å². The van der Waals surface area contributed by atoms with Crippen molar-refractivity contribution in [3.05, 3.63) is 90.7 Å². The van der Waals surface area contributed by atoms with Crippen LogP contribution in [0.1, 0.15) is 0 Å². The van der Waals surface area contributed by atoms with Crippen molar-refractivity contribution in [2.45, 2.75) is 0 Å². The van der Waals surface area contributed by atoms with Crippen molar-refractivity contribution < 1.29 is 8.81 Å². The van der Waals surface area contributed by atoms with E-state index in [2.05, 4.69) is 27.2 Å². The Bertz CT molecular complexity index is 1770. The number of aromatic nitrogens is 3. The SMILES string of the molecule is Fc1cccc2c1oc1cccc(-n3c4ccccc4n4c5ccccc5nc34)c12. The van der Waals surface area contributed by atoms with E-state index in [0.717, 1.165) is 44.3 Å². The number of furan rings is 1. The van der Waals surface area contributed by atoms with E-state index in [1.165, 1.54) is 6.07 Å². The van der Waals surface area contributed by atoms with Crippen LogP contribution < -0.4 is 0 Å². The molecule has 4 nitrogen and oxygen atoms in total. The molecule has 0 N–H and O–H groups in total. The number of para-hydroxylation sites is 5. The van der Waals surface area contributed by atoms with E-state index in [1.54, 1.807) is 6.07 Å². The van der Waals surface area contributed by atoms with Crippen LogP contribution in [0.4, 0.5) is 4.39 Å². The van der Waals surface area contributed by atoms with E-state index in [0.29, 0.717) is 5.58 Å². The van der Waals surface area contributed by atoms with Gasteiger partial charge in [-0.15, -0.1) is 0 Å². The van der Waals surface area contributed by atoms with Gasteiger partial charge in [0.05, 0.1) is 33.1 Å². The highest BCUT2D eigenvalue weighted by atomic mass is 19.1. The van der Waals surface area contributed by atoms with E-state index in [-0.39, 0.29) is 11.4 Å². The second-order valence-electron chi connectivity index (χ2n) is 7.43. The van der Waals surface area contributed by atoms with E-state index in [9.17, 15) is 4.39 Å². The van der Waals surface area contributed by atoms with E-state index >= 15 is 0 Å². The largest absolute Gasteiger partial charge is 0.453 e. The zero-order valence-corrected chi connectivity index (χ0v) is 15.7. The summed E-state index contributed by atoms with van der Waals surface area (Å²) in [6, 6.07) is 27.2. The zero-order chi connectivity index (χ0) is 19.8. The molecule has 0 aliphatic rings. The minimum Gasteiger partial charge on any atom is -0.453 e. The highest BCUT2D eigenvalue weighted by Crippen LogP contribution is 2.37. The van der Waals surface area contributed by atoms with Crippen LogP contribution in [-0.4, -0.2) is 14.0 Å². The monoisotopic (exact) mass is 391 g/mol. The highest BCUT2D eigenvalue weighted by Gasteiger charge is 2.20. The van der Waals surface area contributed by atoms with E-state index in [4.69, 9.17) is 9.40 Å². The summed E-state index contributed by atoms with van der Waals surface area (Å²) < 4.78 is 24.6. The predicted molar refractivity (Wildman–Crippen MR) is 117 cm³/mol. The molecule has 0 saturated carbocycles. The molecule has 0 radical (unpaired) electrons. The molecule has 5 heteroatoms. The fourth-order valence-corrected chi connectivity index (χ4v) is 4.57. The van der Waals surface area contributed by atoms with Crippen LogP contribution in [0.5, 0.6) is 0 Å². The third-order valence-corrected chi connectivity index (χ3v) is 5.80. The molecule has 0 saturated heterocycles. The van der Waals surface area contributed by atoms with Crippen molar-refractivity contribution in [3.63, 3.8) is 0 Å². The third-order valence-electron chi connectivity index (χ3n) is 5.80. The lowest BCUT2D eigenvalue weighted by atomic mass is 10.1. The average molecular weight is 391 g/mol. The highest BCUT2D eigenvalue weighted by molar-refractivity contribution is 6.10. The first-order chi connectivity index (χ1) is 14.8. The van der Waals surface area contributed by atoms with Gasteiger partial charge < -0.3 is 4.42 Å². The number of hydrogen-bond donors (Lipinski definition) is 0. The van der Waals surface area contributed by atoms with Crippen LogP contribution in [0.3, 0.4) is 0 Å². The first kappa shape index (κ1) is 15.8. The quantitative estimate of drug-likeness (QED) is 0.321. The molecule has 0 unspecified atom stereocenters. The fraction of sp³-hybridized carbons (Fsp3) is 0. The van der Waals surface area contributed by atoms with Gasteiger partial charge in [-0.1, -0.05) is 42.5 Å². The lowest BCUT2D eigenvalue weighted by Gasteiger charge is -2.07. The molecule has 4 aromatic carbocycles. The Kier molecular flexibility index (Phi) is 2.88. The molecule has 0 fully saturated rings. The second kappa shape index (κ2) is 5.48. The van der Waals surface area contributed by atoms with Crippen LogP contribution in [0.2, 0.25) is 0 Å². The first-order valence-corrected chi connectivity index (χ1v) is 9.78. The molecule has 0 bridgehead atoms. The molecule has 0 aliphatic carbocycles. The summed E-state index contributed by atoms with van der Waals surface area (Å²) in [5, 5.41) is 1.63. The second-order valence-corrected chi connectivity index (χ2v) is 7.43. The van der Waals surface area contributed by atoms with Gasteiger partial charge in [0.1, 0.15) is 5.58 Å². The van der Waals surface area contributed by atoms with Gasteiger partial charge in [0.2, 0.25) is 5.78 Å². The van der Waals surface area contributed by atoms with Crippen LogP contribution in [-0.2, 0) is 0 Å². The summed E-state index contributed by atoms with van der Waals surface area (Å²) in [4.78, 5) is 4.94. The summed E-state index contributed by atoms with van der Waals surface area (Å²) >= 11 is 0. The van der Waals surface area contributed by atoms with Crippen molar-refractivity contribution in [1.29, 1.82) is 0 Å². The van der Waals surface area contributed by atoms with Crippen molar-refractivity contribution in [2.75, 3.05) is 0 Å². The van der Waals surface area contributed by atoms with Crippen LogP contribution in [0.15, 0.2) is 89.3 Å². The van der Waals surface area contributed by atoms with Gasteiger partial charge in [0.25, 0.3) is 0 Å². The van der Waals surface area contributed by atoms with E-state index < -0.39 is 0 Å². The number of fused-ring (bicyclic) bond motifs is 8. The summed E-state index contributed by atoms with van der Waals surface area (Å²) in [6.07, 6.45) is 0. The zero-order valence-electron chi connectivity index (χ0n) is 15.7. The van der Waals surface area contributed by atoms with Gasteiger partial charge in [-0.3, -0.25) is 8.97 Å². The molecule has 7 aromatic rings. The molecule has 0 amide bonds. The van der Waals surface area contributed by atoms with Gasteiger partial charge in [-0.05, 0) is 42.5 Å². The summed E-state index contributed by atoms with van der Waals surface area (Å²) in [7, 11) is 0. The smallest absolute Gasteiger partial charge is 0.220 e. The maximum atomic E-state index is 14.4. The molecule has 7 rings (SSSR count). The minimum absolute atomic E-state index is 0.279. The number of nitrogens with zero attached hydrogens (tertiary/aromatic N) is 3. The topological polar surface area (TPSA) is 35.4 Å². The number of hydrogen-bond acceptors (Lipinski definition) is 2. The summed E-state index contributed by atoms with van der Waals surface area (Å²) in [5.74, 6) is 0.458. The Morgan fingerprint density at radius 3 is 2.40 bits per heavy atom. The molecule has 0 aliphatic heterocycles. The van der Waals surface area contributed by atoms with Crippen LogP contribution in [0.25, 0.3) is 55.5 Å². The molecule has 0 atom stereocenters. The first-order valence-electron chi connectivity index (χ1n) is 9.78. The Morgan fingerprint density at radius 2 is 1.50 bits per heavy atom. The van der Waals surface area contributed by atoms with Gasteiger partial charge in [-0.2, -0.15) is 0 Å². The number of halogens is 1. The molecule has 142 valence electrons. The van der Waals surface area contributed by atoms with Crippen molar-refractivity contribution in [1.82, 2.24) is 14.0 Å². The van der Waals surface area contributed by atoms with Crippen molar-refractivity contribution in [2.24, 2.45) is 0 Å². The normalized spacial score (nSPS) is 12.2. The Hall–Kier alpha value is -4.12. The Balaban J connectivity index is 1.74. The van der Waals surface area contributed by atoms with Gasteiger partial charge in [0.15, 0.2) is 11.4 Å². The molecular weight excluding hydrogens is 377 g/mol. The van der Waals surface area contributed by atoms with Gasteiger partial charge >= 0.3 is 0 Å². The van der Waals surface area contributed by atoms with Gasteiger partial charge in [-0.25, -0.2) is 9.37 Å². The van der Waals surface area contributed by atoms with E-state index in [1.807, 2.05) is 54.6 Å². The van der Waals surface area contributed by atoms with Crippen molar-refractivity contribution >= 4 is 49.8 Å². The summed E-state index contributed by atoms with van der Waals surface area (Å²) in [5.41, 5.74) is 5.93. The number of rotatable bonds is 1. The molecular formula is C25H14FN3O. The fourth-order valence-electron chi connectivity index (χ4n) is 4.57. The van der Waals surface area contributed by atoms with Crippen LogP contribution in [0, 0.1) is 5.82 Å². The standard InChI is InChI=1S/C25H14FN3O/c26-16-8-5-7-15-23-21(13-6-14-22(23)30-24(15)16)29-20-12-4-3-11-19(20)28-18-10-2-1-9-17(18)27-25(28)29/h1-14H. The average Bonchev–Trinajstić information content (AvgIpc) is 3.43. The third kappa shape index (κ3) is 1.86. The number of imidazole rings is 2. The predicted octanol–water partition coefficient (Wildman–Crippen LogP) is 6.47. The Morgan fingerprint density at radius 1 is 0.733 bits per heavy atom. The maximum Gasteiger partial charge on any atom is 0.220 e. The number of benzene rings is 4. The van der Waals surface area contributed by atoms with Crippen molar-refractivity contribution in [3.8, 4) is 5.69 Å². The maximum absolute atomic E-state index is 14.4. The molecule has 30 heavy (non-hydrogen) atoms. The lowest BCUT2D eigenvalue weighted by Crippen LogP contribution is -1.95. The van der Waals surface area contributed by atoms with Crippen LogP contribution >= 0.6 is 0 Å². The minimum atomic E-state index is -0.358. The lowest BCUT2D eigenvalue weighted by molar-refractivity contribution is 0.584.